The molecule has 5 nitrogen and oxygen atoms in total. The normalized spacial score (nSPS) is 12.9. The van der Waals surface area contributed by atoms with Crippen LogP contribution in [0.15, 0.2) is 72.8 Å². The Morgan fingerprint density at radius 1 is 0.893 bits per heavy atom. The lowest BCUT2D eigenvalue weighted by atomic mass is 9.99. The van der Waals surface area contributed by atoms with Crippen molar-refractivity contribution in [3.63, 3.8) is 0 Å². The quantitative estimate of drug-likeness (QED) is 0.578. The molecule has 0 fully saturated rings. The maximum Gasteiger partial charge on any atom is 0.309 e. The minimum Gasteiger partial charge on any atom is -0.388 e. The van der Waals surface area contributed by atoms with Gasteiger partial charge in [-0.1, -0.05) is 72.8 Å². The van der Waals surface area contributed by atoms with E-state index in [4.69, 9.17) is 0 Å². The summed E-state index contributed by atoms with van der Waals surface area (Å²) in [6.07, 6.45) is -0.404. The van der Waals surface area contributed by atoms with Crippen molar-refractivity contribution < 1.29 is 14.7 Å². The van der Waals surface area contributed by atoms with Crippen LogP contribution in [0.3, 0.4) is 0 Å². The number of aliphatic hydroxyl groups is 1. The number of nitrogens with one attached hydrogen (secondary N) is 2. The van der Waals surface area contributed by atoms with Crippen LogP contribution in [0.2, 0.25) is 0 Å². The molecule has 0 unspecified atom stereocenters. The smallest absolute Gasteiger partial charge is 0.309 e. The summed E-state index contributed by atoms with van der Waals surface area (Å²) in [7, 11) is 0. The lowest BCUT2D eigenvalue weighted by Gasteiger charge is -2.16. The molecule has 0 heterocycles. The van der Waals surface area contributed by atoms with E-state index in [2.05, 4.69) is 10.6 Å². The fraction of sp³-hybridized carbons (Fsp3) is 0.217. The molecule has 2 amide bonds. The van der Waals surface area contributed by atoms with Crippen LogP contribution >= 0.6 is 0 Å². The van der Waals surface area contributed by atoms with Gasteiger partial charge in [-0.25, -0.2) is 0 Å². The average Bonchev–Trinajstić information content (AvgIpc) is 2.73. The third-order valence-electron chi connectivity index (χ3n) is 4.74. The molecule has 3 N–H and O–H groups in total. The molecule has 0 aromatic heterocycles. The first-order valence-electron chi connectivity index (χ1n) is 9.35. The monoisotopic (exact) mass is 376 g/mol. The van der Waals surface area contributed by atoms with Gasteiger partial charge in [0.25, 0.3) is 0 Å². The molecule has 5 heteroatoms. The molecule has 0 radical (unpaired) electrons. The highest BCUT2D eigenvalue weighted by Crippen LogP contribution is 2.25. The van der Waals surface area contributed by atoms with Gasteiger partial charge in [0, 0.05) is 6.54 Å². The predicted molar refractivity (Wildman–Crippen MR) is 110 cm³/mol. The molecule has 0 aliphatic heterocycles. The Labute approximate surface area is 164 Å². The van der Waals surface area contributed by atoms with E-state index in [9.17, 15) is 14.7 Å². The Kier molecular flexibility index (Phi) is 6.40. The van der Waals surface area contributed by atoms with Crippen molar-refractivity contribution in [3.05, 3.63) is 83.9 Å². The molecule has 3 aromatic rings. The van der Waals surface area contributed by atoms with Gasteiger partial charge in [0.2, 0.25) is 0 Å². The molecule has 3 aromatic carbocycles. The van der Waals surface area contributed by atoms with E-state index in [0.29, 0.717) is 6.42 Å². The van der Waals surface area contributed by atoms with Gasteiger partial charge in [0.1, 0.15) is 0 Å². The molecule has 0 saturated carbocycles. The number of amides is 2. The van der Waals surface area contributed by atoms with Crippen LogP contribution in [-0.4, -0.2) is 23.5 Å². The van der Waals surface area contributed by atoms with Gasteiger partial charge in [0.05, 0.1) is 12.1 Å². The molecule has 2 atom stereocenters. The second-order valence-corrected chi connectivity index (χ2v) is 6.73. The van der Waals surface area contributed by atoms with Crippen LogP contribution in [0, 0.1) is 0 Å². The van der Waals surface area contributed by atoms with Gasteiger partial charge in [-0.15, -0.1) is 0 Å². The van der Waals surface area contributed by atoms with Crippen LogP contribution < -0.4 is 10.6 Å². The van der Waals surface area contributed by atoms with Crippen molar-refractivity contribution in [1.29, 1.82) is 0 Å². The van der Waals surface area contributed by atoms with Crippen LogP contribution in [0.1, 0.15) is 36.6 Å². The van der Waals surface area contributed by atoms with Crippen LogP contribution in [-0.2, 0) is 9.59 Å². The average molecular weight is 376 g/mol. The molecular formula is C23H24N2O3. The van der Waals surface area contributed by atoms with Crippen LogP contribution in [0.5, 0.6) is 0 Å². The third kappa shape index (κ3) is 4.75. The summed E-state index contributed by atoms with van der Waals surface area (Å²) in [6, 6.07) is 22.8. The van der Waals surface area contributed by atoms with Gasteiger partial charge in [-0.3, -0.25) is 9.59 Å². The fourth-order valence-electron chi connectivity index (χ4n) is 3.19. The Morgan fingerprint density at radius 2 is 1.57 bits per heavy atom. The minimum atomic E-state index is -0.724. The van der Waals surface area contributed by atoms with E-state index in [1.165, 1.54) is 0 Å². The molecule has 0 spiro atoms. The number of rotatable bonds is 6. The van der Waals surface area contributed by atoms with Crippen molar-refractivity contribution in [2.24, 2.45) is 0 Å². The summed E-state index contributed by atoms with van der Waals surface area (Å²) in [5.41, 5.74) is 1.74. The Balaban J connectivity index is 1.51. The second kappa shape index (κ2) is 9.15. The van der Waals surface area contributed by atoms with Gasteiger partial charge in [0.15, 0.2) is 0 Å². The number of fused-ring (bicyclic) bond motifs is 1. The molecule has 0 saturated heterocycles. The molecule has 0 bridgehead atoms. The number of benzene rings is 3. The first kappa shape index (κ1) is 19.6. The molecule has 144 valence electrons. The minimum absolute atomic E-state index is 0.205. The summed E-state index contributed by atoms with van der Waals surface area (Å²) in [5.74, 6) is -1.39. The third-order valence-corrected chi connectivity index (χ3v) is 4.74. The zero-order valence-corrected chi connectivity index (χ0v) is 15.8. The van der Waals surface area contributed by atoms with Gasteiger partial charge >= 0.3 is 11.8 Å². The molecule has 0 aliphatic carbocycles. The fourth-order valence-corrected chi connectivity index (χ4v) is 3.19. The van der Waals surface area contributed by atoms with Crippen molar-refractivity contribution in [2.45, 2.75) is 25.5 Å². The van der Waals surface area contributed by atoms with Crippen molar-refractivity contribution in [2.75, 3.05) is 6.54 Å². The zero-order valence-electron chi connectivity index (χ0n) is 15.8. The van der Waals surface area contributed by atoms with Crippen molar-refractivity contribution >= 4 is 22.6 Å². The van der Waals surface area contributed by atoms with Crippen LogP contribution in [0.25, 0.3) is 10.8 Å². The maximum atomic E-state index is 12.1. The largest absolute Gasteiger partial charge is 0.388 e. The Hall–Kier alpha value is -3.18. The Morgan fingerprint density at radius 3 is 2.36 bits per heavy atom. The van der Waals surface area contributed by atoms with E-state index in [1.807, 2.05) is 79.7 Å². The first-order chi connectivity index (χ1) is 13.6. The summed E-state index contributed by atoms with van der Waals surface area (Å²) in [4.78, 5) is 24.1. The number of hydrogen-bond acceptors (Lipinski definition) is 3. The topological polar surface area (TPSA) is 78.4 Å². The van der Waals surface area contributed by atoms with E-state index >= 15 is 0 Å². The predicted octanol–water partition coefficient (Wildman–Crippen LogP) is 3.26. The number of hydrogen-bond donors (Lipinski definition) is 3. The number of carbonyl (C=O) groups excluding carboxylic acids is 2. The molecule has 3 rings (SSSR count). The maximum absolute atomic E-state index is 12.1. The highest BCUT2D eigenvalue weighted by Gasteiger charge is 2.17. The SMILES string of the molecule is C[C@H](NC(=O)C(=O)NCC[C@H](O)c1cccc2ccccc12)c1ccccc1. The van der Waals surface area contributed by atoms with Crippen molar-refractivity contribution in [1.82, 2.24) is 10.6 Å². The summed E-state index contributed by atoms with van der Waals surface area (Å²) in [5, 5.41) is 17.8. The number of carbonyl (C=O) groups is 2. The van der Waals surface area contributed by atoms with E-state index in [-0.39, 0.29) is 12.6 Å². The summed E-state index contributed by atoms with van der Waals surface area (Å²) >= 11 is 0. The van der Waals surface area contributed by atoms with Crippen molar-refractivity contribution in [3.8, 4) is 0 Å². The van der Waals surface area contributed by atoms with E-state index < -0.39 is 17.9 Å². The van der Waals surface area contributed by atoms with Gasteiger partial charge in [-0.05, 0) is 35.2 Å². The Bertz CT molecular complexity index is 951. The molecule has 28 heavy (non-hydrogen) atoms. The highest BCUT2D eigenvalue weighted by atomic mass is 16.3. The van der Waals surface area contributed by atoms with E-state index in [1.54, 1.807) is 0 Å². The first-order valence-corrected chi connectivity index (χ1v) is 9.35. The number of aliphatic hydroxyl groups excluding tert-OH is 1. The highest BCUT2D eigenvalue weighted by molar-refractivity contribution is 6.35. The van der Waals surface area contributed by atoms with E-state index in [0.717, 1.165) is 21.9 Å². The lowest BCUT2D eigenvalue weighted by molar-refractivity contribution is -0.139. The lowest BCUT2D eigenvalue weighted by Crippen LogP contribution is -2.41. The molecule has 0 aliphatic rings. The van der Waals surface area contributed by atoms with Gasteiger partial charge < -0.3 is 15.7 Å². The van der Waals surface area contributed by atoms with Gasteiger partial charge in [-0.2, -0.15) is 0 Å². The summed E-state index contributed by atoms with van der Waals surface area (Å²) < 4.78 is 0. The molecular weight excluding hydrogens is 352 g/mol. The van der Waals surface area contributed by atoms with Crippen LogP contribution in [0.4, 0.5) is 0 Å². The standard InChI is InChI=1S/C23H24N2O3/c1-16(17-8-3-2-4-9-17)25-23(28)22(27)24-15-14-21(26)20-13-7-11-18-10-5-6-12-19(18)20/h2-13,16,21,26H,14-15H2,1H3,(H,24,27)(H,25,28)/t16-,21-/m0/s1. The zero-order chi connectivity index (χ0) is 19.9. The summed E-state index contributed by atoms with van der Waals surface area (Å²) in [6.45, 7) is 2.03. The second-order valence-electron chi connectivity index (χ2n) is 6.73.